The zero-order valence-electron chi connectivity index (χ0n) is 11.2. The van der Waals surface area contributed by atoms with Gasteiger partial charge in [-0.1, -0.05) is 0 Å². The number of carbonyl (C=O) groups excluding carboxylic acids is 1. The van der Waals surface area contributed by atoms with Crippen molar-refractivity contribution in [3.05, 3.63) is 0 Å². The lowest BCUT2D eigenvalue weighted by Gasteiger charge is -2.23. The molecule has 3 atom stereocenters. The number of amides is 1. The van der Waals surface area contributed by atoms with E-state index >= 15 is 0 Å². The van der Waals surface area contributed by atoms with Crippen molar-refractivity contribution in [2.75, 3.05) is 13.1 Å². The molecule has 1 amide bonds. The summed E-state index contributed by atoms with van der Waals surface area (Å²) in [6, 6.07) is 0.0768. The van der Waals surface area contributed by atoms with E-state index in [1.54, 1.807) is 0 Å². The summed E-state index contributed by atoms with van der Waals surface area (Å²) in [5.74, 6) is -0.647. The molecule has 106 valence electrons. The van der Waals surface area contributed by atoms with Crippen LogP contribution in [0.4, 0.5) is 0 Å². The van der Waals surface area contributed by atoms with Crippen LogP contribution >= 0.6 is 0 Å². The molecule has 2 saturated carbocycles. The molecule has 5 heteroatoms. The van der Waals surface area contributed by atoms with E-state index in [1.807, 2.05) is 0 Å². The standard InChI is InChI=1S/C14H22N2O3/c17-12(11-8-14(11)3-5-15-6-4-14)16-10-2-1-9(7-10)13(18)19/h9-11,15H,1-8H2,(H,16,17)(H,18,19). The van der Waals surface area contributed by atoms with E-state index in [9.17, 15) is 9.59 Å². The molecule has 1 heterocycles. The van der Waals surface area contributed by atoms with Crippen LogP contribution < -0.4 is 10.6 Å². The predicted molar refractivity (Wildman–Crippen MR) is 69.6 cm³/mol. The Morgan fingerprint density at radius 1 is 1.21 bits per heavy atom. The van der Waals surface area contributed by atoms with Crippen LogP contribution in [0.5, 0.6) is 0 Å². The van der Waals surface area contributed by atoms with E-state index in [1.165, 1.54) is 0 Å². The van der Waals surface area contributed by atoms with Gasteiger partial charge in [0.2, 0.25) is 5.91 Å². The molecule has 3 aliphatic rings. The number of hydrogen-bond donors (Lipinski definition) is 3. The molecule has 2 aliphatic carbocycles. The summed E-state index contributed by atoms with van der Waals surface area (Å²) in [4.78, 5) is 23.1. The number of rotatable bonds is 3. The number of carboxylic acid groups (broad SMARTS) is 1. The van der Waals surface area contributed by atoms with E-state index in [2.05, 4.69) is 10.6 Å². The molecule has 0 aromatic rings. The van der Waals surface area contributed by atoms with Crippen LogP contribution in [0.15, 0.2) is 0 Å². The van der Waals surface area contributed by atoms with Gasteiger partial charge in [-0.05, 0) is 57.0 Å². The van der Waals surface area contributed by atoms with Crippen molar-refractivity contribution in [2.24, 2.45) is 17.3 Å². The van der Waals surface area contributed by atoms with Gasteiger partial charge in [0.25, 0.3) is 0 Å². The monoisotopic (exact) mass is 266 g/mol. The lowest BCUT2D eigenvalue weighted by molar-refractivity contribution is -0.141. The van der Waals surface area contributed by atoms with Gasteiger partial charge < -0.3 is 15.7 Å². The second-order valence-corrected chi connectivity index (χ2v) is 6.42. The number of hydrogen-bond acceptors (Lipinski definition) is 3. The normalized spacial score (nSPS) is 36.1. The topological polar surface area (TPSA) is 78.4 Å². The van der Waals surface area contributed by atoms with Crippen LogP contribution in [-0.2, 0) is 9.59 Å². The van der Waals surface area contributed by atoms with Crippen LogP contribution in [-0.4, -0.2) is 36.1 Å². The summed E-state index contributed by atoms with van der Waals surface area (Å²) in [6.45, 7) is 2.04. The van der Waals surface area contributed by atoms with Crippen molar-refractivity contribution in [3.8, 4) is 0 Å². The molecular weight excluding hydrogens is 244 g/mol. The molecule has 1 spiro atoms. The fourth-order valence-electron chi connectivity index (χ4n) is 3.83. The third-order valence-corrected chi connectivity index (χ3v) is 5.23. The molecule has 3 unspecified atom stereocenters. The Kier molecular flexibility index (Phi) is 3.25. The van der Waals surface area contributed by atoms with E-state index < -0.39 is 5.97 Å². The van der Waals surface area contributed by atoms with Gasteiger partial charge in [0.05, 0.1) is 5.92 Å². The summed E-state index contributed by atoms with van der Waals surface area (Å²) in [5.41, 5.74) is 0.264. The minimum absolute atomic E-state index is 0.0768. The van der Waals surface area contributed by atoms with Gasteiger partial charge in [0, 0.05) is 12.0 Å². The van der Waals surface area contributed by atoms with Gasteiger partial charge in [-0.15, -0.1) is 0 Å². The zero-order chi connectivity index (χ0) is 13.5. The highest BCUT2D eigenvalue weighted by Crippen LogP contribution is 2.58. The second-order valence-electron chi connectivity index (χ2n) is 6.42. The lowest BCUT2D eigenvalue weighted by Crippen LogP contribution is -2.37. The van der Waals surface area contributed by atoms with E-state index in [4.69, 9.17) is 5.11 Å². The summed E-state index contributed by atoms with van der Waals surface area (Å²) < 4.78 is 0. The van der Waals surface area contributed by atoms with Gasteiger partial charge in [-0.25, -0.2) is 0 Å². The SMILES string of the molecule is O=C(O)C1CCC(NC(=O)C2CC23CCNCC3)C1. The Hall–Kier alpha value is -1.10. The predicted octanol–water partition coefficient (Wildman–Crippen LogP) is 0.746. The van der Waals surface area contributed by atoms with Crippen LogP contribution in [0.1, 0.15) is 38.5 Å². The first-order valence-corrected chi connectivity index (χ1v) is 7.35. The first-order valence-electron chi connectivity index (χ1n) is 7.35. The summed E-state index contributed by atoms with van der Waals surface area (Å²) >= 11 is 0. The molecule has 1 saturated heterocycles. The molecule has 0 aromatic carbocycles. The van der Waals surface area contributed by atoms with Crippen molar-refractivity contribution in [2.45, 2.75) is 44.6 Å². The largest absolute Gasteiger partial charge is 0.481 e. The quantitative estimate of drug-likeness (QED) is 0.704. The molecule has 3 rings (SSSR count). The fraction of sp³-hybridized carbons (Fsp3) is 0.857. The smallest absolute Gasteiger partial charge is 0.306 e. The average Bonchev–Trinajstić information content (AvgIpc) is 2.86. The first kappa shape index (κ1) is 12.9. The third-order valence-electron chi connectivity index (χ3n) is 5.23. The highest BCUT2D eigenvalue weighted by molar-refractivity contribution is 5.83. The molecule has 0 bridgehead atoms. The number of nitrogens with one attached hydrogen (secondary N) is 2. The molecule has 1 aliphatic heterocycles. The fourth-order valence-corrected chi connectivity index (χ4v) is 3.83. The van der Waals surface area contributed by atoms with Crippen LogP contribution in [0.25, 0.3) is 0 Å². The van der Waals surface area contributed by atoms with Crippen LogP contribution in [0, 0.1) is 17.3 Å². The van der Waals surface area contributed by atoms with Crippen molar-refractivity contribution in [1.29, 1.82) is 0 Å². The Bertz CT molecular complexity index is 390. The van der Waals surface area contributed by atoms with E-state index in [0.29, 0.717) is 12.8 Å². The number of piperidine rings is 1. The van der Waals surface area contributed by atoms with Gasteiger partial charge in [-0.3, -0.25) is 9.59 Å². The summed E-state index contributed by atoms with van der Waals surface area (Å²) in [5, 5.41) is 15.4. The third kappa shape index (κ3) is 2.48. The van der Waals surface area contributed by atoms with E-state index in [-0.39, 0.29) is 29.2 Å². The van der Waals surface area contributed by atoms with Crippen LogP contribution in [0.2, 0.25) is 0 Å². The van der Waals surface area contributed by atoms with Crippen molar-refractivity contribution in [1.82, 2.24) is 10.6 Å². The molecule has 3 N–H and O–H groups in total. The maximum atomic E-state index is 12.2. The van der Waals surface area contributed by atoms with E-state index in [0.717, 1.165) is 38.8 Å². The highest BCUT2D eigenvalue weighted by Gasteiger charge is 2.57. The Morgan fingerprint density at radius 2 is 1.95 bits per heavy atom. The average molecular weight is 266 g/mol. The number of carbonyl (C=O) groups is 2. The van der Waals surface area contributed by atoms with Gasteiger partial charge >= 0.3 is 5.97 Å². The molecule has 3 fully saturated rings. The summed E-state index contributed by atoms with van der Waals surface area (Å²) in [6.07, 6.45) is 5.34. The van der Waals surface area contributed by atoms with Gasteiger partial charge in [-0.2, -0.15) is 0 Å². The molecular formula is C14H22N2O3. The minimum atomic E-state index is -0.724. The first-order chi connectivity index (χ1) is 9.11. The Labute approximate surface area is 113 Å². The second kappa shape index (κ2) is 4.78. The maximum absolute atomic E-state index is 12.2. The van der Waals surface area contributed by atoms with Crippen molar-refractivity contribution >= 4 is 11.9 Å². The molecule has 0 aromatic heterocycles. The lowest BCUT2D eigenvalue weighted by atomic mass is 9.91. The number of aliphatic carboxylic acids is 1. The Morgan fingerprint density at radius 3 is 2.58 bits per heavy atom. The molecule has 5 nitrogen and oxygen atoms in total. The molecule has 19 heavy (non-hydrogen) atoms. The van der Waals surface area contributed by atoms with Gasteiger partial charge in [0.15, 0.2) is 0 Å². The Balaban J connectivity index is 1.49. The van der Waals surface area contributed by atoms with Crippen molar-refractivity contribution < 1.29 is 14.7 Å². The number of carboxylic acids is 1. The zero-order valence-corrected chi connectivity index (χ0v) is 11.2. The maximum Gasteiger partial charge on any atom is 0.306 e. The van der Waals surface area contributed by atoms with Crippen LogP contribution in [0.3, 0.4) is 0 Å². The molecule has 0 radical (unpaired) electrons. The highest BCUT2D eigenvalue weighted by atomic mass is 16.4. The van der Waals surface area contributed by atoms with Gasteiger partial charge in [0.1, 0.15) is 0 Å². The van der Waals surface area contributed by atoms with Crippen molar-refractivity contribution in [3.63, 3.8) is 0 Å². The minimum Gasteiger partial charge on any atom is -0.481 e. The summed E-state index contributed by atoms with van der Waals surface area (Å²) in [7, 11) is 0.